The molecule has 0 bridgehead atoms. The Kier molecular flexibility index (Phi) is 7.77. The van der Waals surface area contributed by atoms with Crippen LogP contribution in [0.4, 0.5) is 4.39 Å². The summed E-state index contributed by atoms with van der Waals surface area (Å²) in [4.78, 5) is 0.285. The van der Waals surface area contributed by atoms with Gasteiger partial charge >= 0.3 is 0 Å². The van der Waals surface area contributed by atoms with Gasteiger partial charge in [0.15, 0.2) is 0 Å². The Balaban J connectivity index is 1.58. The molecule has 0 radical (unpaired) electrons. The highest BCUT2D eigenvalue weighted by Crippen LogP contribution is 2.27. The van der Waals surface area contributed by atoms with E-state index in [0.717, 1.165) is 30.4 Å². The SMILES string of the molecule is Cc1ccc(S(=O)(=O)NCCCC(CCc2ccccc2)c2ccc(F)cc2)cc1. The lowest BCUT2D eigenvalue weighted by Crippen LogP contribution is -2.25. The number of hydrogen-bond donors (Lipinski definition) is 1. The van der Waals surface area contributed by atoms with Gasteiger partial charge in [-0.1, -0.05) is 60.2 Å². The van der Waals surface area contributed by atoms with E-state index < -0.39 is 10.0 Å². The molecule has 0 saturated carbocycles. The van der Waals surface area contributed by atoms with Crippen LogP contribution in [0.5, 0.6) is 0 Å². The standard InChI is InChI=1S/C25H28FNO2S/c1-20-9-17-25(18-10-20)30(28,29)27-19-5-8-22(23-13-15-24(26)16-14-23)12-11-21-6-3-2-4-7-21/h2-4,6-7,9-10,13-18,22,27H,5,8,11-12,19H2,1H3. The van der Waals surface area contributed by atoms with Crippen LogP contribution >= 0.6 is 0 Å². The summed E-state index contributed by atoms with van der Waals surface area (Å²) >= 11 is 0. The van der Waals surface area contributed by atoms with Gasteiger partial charge in [-0.15, -0.1) is 0 Å². The largest absolute Gasteiger partial charge is 0.240 e. The van der Waals surface area contributed by atoms with Gasteiger partial charge < -0.3 is 0 Å². The molecule has 0 aliphatic carbocycles. The molecule has 0 amide bonds. The van der Waals surface area contributed by atoms with Gasteiger partial charge in [-0.2, -0.15) is 0 Å². The molecule has 0 spiro atoms. The monoisotopic (exact) mass is 425 g/mol. The van der Waals surface area contributed by atoms with Crippen molar-refractivity contribution in [3.63, 3.8) is 0 Å². The zero-order chi connectivity index (χ0) is 21.4. The second-order valence-corrected chi connectivity index (χ2v) is 9.39. The molecule has 0 aliphatic rings. The third-order valence-corrected chi connectivity index (χ3v) is 6.80. The first-order chi connectivity index (χ1) is 14.4. The molecule has 1 unspecified atom stereocenters. The highest BCUT2D eigenvalue weighted by molar-refractivity contribution is 7.89. The minimum atomic E-state index is -3.50. The van der Waals surface area contributed by atoms with Crippen LogP contribution in [0.15, 0.2) is 83.8 Å². The molecule has 1 atom stereocenters. The van der Waals surface area contributed by atoms with Crippen LogP contribution in [0.1, 0.15) is 41.9 Å². The first kappa shape index (κ1) is 22.2. The van der Waals surface area contributed by atoms with Crippen molar-refractivity contribution in [3.8, 4) is 0 Å². The summed E-state index contributed by atoms with van der Waals surface area (Å²) in [6.07, 6.45) is 3.40. The van der Waals surface area contributed by atoms with E-state index >= 15 is 0 Å². The van der Waals surface area contributed by atoms with Crippen molar-refractivity contribution in [1.82, 2.24) is 4.72 Å². The lowest BCUT2D eigenvalue weighted by Gasteiger charge is -2.18. The van der Waals surface area contributed by atoms with E-state index in [1.807, 2.05) is 37.3 Å². The molecule has 30 heavy (non-hydrogen) atoms. The summed E-state index contributed by atoms with van der Waals surface area (Å²) in [5.74, 6) is 0.00102. The number of aryl methyl sites for hydroxylation is 2. The number of rotatable bonds is 10. The van der Waals surface area contributed by atoms with Gasteiger partial charge in [0.05, 0.1) is 4.90 Å². The van der Waals surface area contributed by atoms with E-state index in [9.17, 15) is 12.8 Å². The van der Waals surface area contributed by atoms with E-state index in [1.54, 1.807) is 24.3 Å². The molecule has 0 fully saturated rings. The van der Waals surface area contributed by atoms with Crippen LogP contribution in [-0.2, 0) is 16.4 Å². The fraction of sp³-hybridized carbons (Fsp3) is 0.280. The van der Waals surface area contributed by atoms with Crippen molar-refractivity contribution in [1.29, 1.82) is 0 Å². The maximum atomic E-state index is 13.3. The smallest absolute Gasteiger partial charge is 0.211 e. The maximum Gasteiger partial charge on any atom is 0.240 e. The average Bonchev–Trinajstić information content (AvgIpc) is 2.75. The van der Waals surface area contributed by atoms with Gasteiger partial charge in [-0.25, -0.2) is 17.5 Å². The van der Waals surface area contributed by atoms with Crippen molar-refractivity contribution in [2.45, 2.75) is 43.4 Å². The summed E-state index contributed by atoms with van der Waals surface area (Å²) in [5, 5.41) is 0. The van der Waals surface area contributed by atoms with Crippen LogP contribution in [0, 0.1) is 12.7 Å². The number of hydrogen-bond acceptors (Lipinski definition) is 2. The van der Waals surface area contributed by atoms with Crippen LogP contribution in [0.3, 0.4) is 0 Å². The highest BCUT2D eigenvalue weighted by atomic mass is 32.2. The van der Waals surface area contributed by atoms with E-state index in [4.69, 9.17) is 0 Å². The summed E-state index contributed by atoms with van der Waals surface area (Å²) in [7, 11) is -3.50. The fourth-order valence-electron chi connectivity index (χ4n) is 3.55. The van der Waals surface area contributed by atoms with Crippen molar-refractivity contribution < 1.29 is 12.8 Å². The molecule has 0 heterocycles. The third kappa shape index (κ3) is 6.51. The molecule has 158 valence electrons. The van der Waals surface area contributed by atoms with Gasteiger partial charge in [-0.3, -0.25) is 0 Å². The third-order valence-electron chi connectivity index (χ3n) is 5.32. The molecule has 1 N–H and O–H groups in total. The summed E-state index contributed by atoms with van der Waals surface area (Å²) in [6, 6.07) is 23.8. The lowest BCUT2D eigenvalue weighted by atomic mass is 9.88. The quantitative estimate of drug-likeness (QED) is 0.429. The number of nitrogens with one attached hydrogen (secondary N) is 1. The molecule has 5 heteroatoms. The normalized spacial score (nSPS) is 12.6. The van der Waals surface area contributed by atoms with E-state index in [1.165, 1.54) is 17.7 Å². The van der Waals surface area contributed by atoms with Crippen molar-refractivity contribution in [2.75, 3.05) is 6.54 Å². The minimum absolute atomic E-state index is 0.244. The maximum absolute atomic E-state index is 13.3. The topological polar surface area (TPSA) is 46.2 Å². The van der Waals surface area contributed by atoms with Crippen molar-refractivity contribution in [3.05, 3.63) is 101 Å². The lowest BCUT2D eigenvalue weighted by molar-refractivity contribution is 0.538. The highest BCUT2D eigenvalue weighted by Gasteiger charge is 2.15. The van der Waals surface area contributed by atoms with Gasteiger partial charge in [0.1, 0.15) is 5.82 Å². The van der Waals surface area contributed by atoms with Crippen molar-refractivity contribution >= 4 is 10.0 Å². The first-order valence-electron chi connectivity index (χ1n) is 10.3. The molecule has 0 aromatic heterocycles. The predicted octanol–water partition coefficient (Wildman–Crippen LogP) is 5.61. The second kappa shape index (κ2) is 10.5. The summed E-state index contributed by atoms with van der Waals surface area (Å²) in [5.41, 5.74) is 3.38. The van der Waals surface area contributed by atoms with E-state index in [-0.39, 0.29) is 16.6 Å². The van der Waals surface area contributed by atoms with E-state index in [0.29, 0.717) is 13.0 Å². The van der Waals surface area contributed by atoms with Crippen molar-refractivity contribution in [2.24, 2.45) is 0 Å². The zero-order valence-electron chi connectivity index (χ0n) is 17.2. The molecular weight excluding hydrogens is 397 g/mol. The van der Waals surface area contributed by atoms with Crippen LogP contribution in [-0.4, -0.2) is 15.0 Å². The Morgan fingerprint density at radius 2 is 1.53 bits per heavy atom. The Labute approximate surface area is 179 Å². The van der Waals surface area contributed by atoms with Crippen LogP contribution in [0.2, 0.25) is 0 Å². The summed E-state index contributed by atoms with van der Waals surface area (Å²) < 4.78 is 41.0. The molecule has 0 aliphatic heterocycles. The zero-order valence-corrected chi connectivity index (χ0v) is 18.0. The van der Waals surface area contributed by atoms with E-state index in [2.05, 4.69) is 16.9 Å². The molecule has 3 aromatic carbocycles. The van der Waals surface area contributed by atoms with Gasteiger partial charge in [0.25, 0.3) is 0 Å². The number of halogens is 1. The second-order valence-electron chi connectivity index (χ2n) is 7.63. The van der Waals surface area contributed by atoms with Gasteiger partial charge in [0.2, 0.25) is 10.0 Å². The Hall–Kier alpha value is -2.50. The Bertz CT molecular complexity index is 1020. The predicted molar refractivity (Wildman–Crippen MR) is 120 cm³/mol. The Morgan fingerprint density at radius 3 is 2.20 bits per heavy atom. The summed E-state index contributed by atoms with van der Waals surface area (Å²) in [6.45, 7) is 2.30. The molecule has 3 nitrogen and oxygen atoms in total. The van der Waals surface area contributed by atoms with Crippen LogP contribution in [0.25, 0.3) is 0 Å². The van der Waals surface area contributed by atoms with Gasteiger partial charge in [0, 0.05) is 6.54 Å². The minimum Gasteiger partial charge on any atom is -0.211 e. The Morgan fingerprint density at radius 1 is 0.867 bits per heavy atom. The van der Waals surface area contributed by atoms with Gasteiger partial charge in [-0.05, 0) is 73.9 Å². The fourth-order valence-corrected chi connectivity index (χ4v) is 4.63. The first-order valence-corrected chi connectivity index (χ1v) is 11.8. The number of sulfonamides is 1. The molecule has 3 rings (SSSR count). The average molecular weight is 426 g/mol. The van der Waals surface area contributed by atoms with Crippen LogP contribution < -0.4 is 4.72 Å². The number of benzene rings is 3. The molecule has 3 aromatic rings. The molecule has 0 saturated heterocycles. The molecular formula is C25H28FNO2S.